The van der Waals surface area contributed by atoms with Gasteiger partial charge in [-0.25, -0.2) is 9.97 Å². The number of aliphatic hydroxyl groups is 1. The SMILES string of the molecule is CCNc1cc(N(CCO)CCOC)nc(C(C)(C)C)n1. The molecule has 0 fully saturated rings. The normalized spacial score (nSPS) is 11.5. The fourth-order valence-electron chi connectivity index (χ4n) is 1.87. The van der Waals surface area contributed by atoms with E-state index in [2.05, 4.69) is 36.1 Å². The van der Waals surface area contributed by atoms with Crippen LogP contribution in [0.25, 0.3) is 0 Å². The third-order valence-corrected chi connectivity index (χ3v) is 3.00. The van der Waals surface area contributed by atoms with Crippen molar-refractivity contribution in [3.05, 3.63) is 11.9 Å². The molecule has 0 bridgehead atoms. The van der Waals surface area contributed by atoms with E-state index in [1.807, 2.05) is 17.9 Å². The Bertz CT molecular complexity index is 432. The lowest BCUT2D eigenvalue weighted by Gasteiger charge is -2.25. The molecule has 0 spiro atoms. The molecule has 2 N–H and O–H groups in total. The molecule has 0 saturated carbocycles. The van der Waals surface area contributed by atoms with Gasteiger partial charge in [-0.05, 0) is 6.92 Å². The average molecular weight is 296 g/mol. The number of rotatable bonds is 8. The van der Waals surface area contributed by atoms with Crippen LogP contribution in [0.3, 0.4) is 0 Å². The number of aromatic nitrogens is 2. The van der Waals surface area contributed by atoms with E-state index in [0.717, 1.165) is 24.0 Å². The van der Waals surface area contributed by atoms with Gasteiger partial charge < -0.3 is 20.1 Å². The van der Waals surface area contributed by atoms with E-state index >= 15 is 0 Å². The highest BCUT2D eigenvalue weighted by atomic mass is 16.5. The van der Waals surface area contributed by atoms with Crippen molar-refractivity contribution in [1.29, 1.82) is 0 Å². The molecule has 0 amide bonds. The van der Waals surface area contributed by atoms with Gasteiger partial charge >= 0.3 is 0 Å². The first-order chi connectivity index (χ1) is 9.92. The minimum atomic E-state index is -0.133. The van der Waals surface area contributed by atoms with Crippen LogP contribution in [-0.4, -0.2) is 55.0 Å². The standard InChI is InChI=1S/C15H28N4O2/c1-6-16-12-11-13(18-14(17-12)15(2,3)4)19(7-9-20)8-10-21-5/h11,20H,6-10H2,1-5H3,(H,16,17,18). The summed E-state index contributed by atoms with van der Waals surface area (Å²) >= 11 is 0. The molecule has 0 radical (unpaired) electrons. The van der Waals surface area contributed by atoms with Crippen molar-refractivity contribution in [2.45, 2.75) is 33.1 Å². The fourth-order valence-corrected chi connectivity index (χ4v) is 1.87. The molecule has 0 aliphatic carbocycles. The maximum Gasteiger partial charge on any atom is 0.138 e. The highest BCUT2D eigenvalue weighted by Gasteiger charge is 2.20. The van der Waals surface area contributed by atoms with E-state index < -0.39 is 0 Å². The second-order valence-electron chi connectivity index (χ2n) is 5.92. The first-order valence-corrected chi connectivity index (χ1v) is 7.40. The van der Waals surface area contributed by atoms with Gasteiger partial charge in [-0.2, -0.15) is 0 Å². The van der Waals surface area contributed by atoms with Crippen LogP contribution in [0.4, 0.5) is 11.6 Å². The minimum absolute atomic E-state index is 0.0785. The van der Waals surface area contributed by atoms with Crippen molar-refractivity contribution >= 4 is 11.6 Å². The molecule has 1 rings (SSSR count). The molecule has 0 aliphatic heterocycles. The Labute approximate surface area is 127 Å². The van der Waals surface area contributed by atoms with Gasteiger partial charge in [-0.3, -0.25) is 0 Å². The summed E-state index contributed by atoms with van der Waals surface area (Å²) in [6, 6.07) is 1.92. The monoisotopic (exact) mass is 296 g/mol. The van der Waals surface area contributed by atoms with Gasteiger partial charge in [-0.1, -0.05) is 20.8 Å². The van der Waals surface area contributed by atoms with Crippen LogP contribution >= 0.6 is 0 Å². The molecule has 21 heavy (non-hydrogen) atoms. The van der Waals surface area contributed by atoms with Crippen molar-refractivity contribution in [3.63, 3.8) is 0 Å². The Morgan fingerprint density at radius 2 is 2.00 bits per heavy atom. The number of nitrogens with one attached hydrogen (secondary N) is 1. The van der Waals surface area contributed by atoms with Crippen LogP contribution in [0.5, 0.6) is 0 Å². The largest absolute Gasteiger partial charge is 0.395 e. The minimum Gasteiger partial charge on any atom is -0.395 e. The lowest BCUT2D eigenvalue weighted by molar-refractivity contribution is 0.202. The summed E-state index contributed by atoms with van der Waals surface area (Å²) in [4.78, 5) is 11.3. The number of nitrogens with zero attached hydrogens (tertiary/aromatic N) is 3. The third-order valence-electron chi connectivity index (χ3n) is 3.00. The van der Waals surface area contributed by atoms with E-state index in [1.54, 1.807) is 7.11 Å². The number of ether oxygens (including phenoxy) is 1. The molecular weight excluding hydrogens is 268 g/mol. The molecule has 6 nitrogen and oxygen atoms in total. The summed E-state index contributed by atoms with van der Waals surface area (Å²) in [6.45, 7) is 11.0. The molecule has 1 aromatic heterocycles. The van der Waals surface area contributed by atoms with E-state index in [9.17, 15) is 5.11 Å². The zero-order chi connectivity index (χ0) is 15.9. The predicted molar refractivity (Wildman–Crippen MR) is 86.1 cm³/mol. The molecular formula is C15H28N4O2. The van der Waals surface area contributed by atoms with Gasteiger partial charge in [0.25, 0.3) is 0 Å². The first kappa shape index (κ1) is 17.7. The predicted octanol–water partition coefficient (Wildman–Crippen LogP) is 1.65. The van der Waals surface area contributed by atoms with Gasteiger partial charge in [-0.15, -0.1) is 0 Å². The zero-order valence-corrected chi connectivity index (χ0v) is 13.8. The molecule has 0 atom stereocenters. The van der Waals surface area contributed by atoms with Crippen LogP contribution in [0.15, 0.2) is 6.07 Å². The fraction of sp³-hybridized carbons (Fsp3) is 0.733. The first-order valence-electron chi connectivity index (χ1n) is 7.40. The van der Waals surface area contributed by atoms with Crippen LogP contribution in [0.1, 0.15) is 33.5 Å². The molecule has 0 unspecified atom stereocenters. The summed E-state index contributed by atoms with van der Waals surface area (Å²) in [5, 5.41) is 12.5. The van der Waals surface area contributed by atoms with E-state index in [0.29, 0.717) is 19.7 Å². The van der Waals surface area contributed by atoms with E-state index in [-0.39, 0.29) is 12.0 Å². The second-order valence-corrected chi connectivity index (χ2v) is 5.92. The van der Waals surface area contributed by atoms with Crippen LogP contribution in [-0.2, 0) is 10.2 Å². The highest BCUT2D eigenvalue weighted by molar-refractivity contribution is 5.50. The zero-order valence-electron chi connectivity index (χ0n) is 13.8. The molecule has 1 heterocycles. The molecule has 0 aliphatic rings. The summed E-state index contributed by atoms with van der Waals surface area (Å²) in [5.74, 6) is 2.42. The van der Waals surface area contributed by atoms with Crippen molar-refractivity contribution in [1.82, 2.24) is 9.97 Å². The third kappa shape index (κ3) is 5.47. The van der Waals surface area contributed by atoms with Gasteiger partial charge in [0.2, 0.25) is 0 Å². The smallest absolute Gasteiger partial charge is 0.138 e. The van der Waals surface area contributed by atoms with E-state index in [4.69, 9.17) is 4.74 Å². The Morgan fingerprint density at radius 1 is 1.29 bits per heavy atom. The van der Waals surface area contributed by atoms with E-state index in [1.165, 1.54) is 0 Å². The lowest BCUT2D eigenvalue weighted by atomic mass is 9.96. The molecule has 6 heteroatoms. The summed E-state index contributed by atoms with van der Waals surface area (Å²) < 4.78 is 5.13. The van der Waals surface area contributed by atoms with Crippen molar-refractivity contribution in [3.8, 4) is 0 Å². The second kappa shape index (κ2) is 8.14. The van der Waals surface area contributed by atoms with Crippen molar-refractivity contribution < 1.29 is 9.84 Å². The van der Waals surface area contributed by atoms with Gasteiger partial charge in [0.1, 0.15) is 17.5 Å². The van der Waals surface area contributed by atoms with Crippen LogP contribution < -0.4 is 10.2 Å². The molecule has 120 valence electrons. The molecule has 1 aromatic rings. The highest BCUT2D eigenvalue weighted by Crippen LogP contribution is 2.24. The average Bonchev–Trinajstić information content (AvgIpc) is 2.42. The van der Waals surface area contributed by atoms with Crippen LogP contribution in [0, 0.1) is 0 Å². The topological polar surface area (TPSA) is 70.5 Å². The van der Waals surface area contributed by atoms with Crippen molar-refractivity contribution in [2.24, 2.45) is 0 Å². The number of aliphatic hydroxyl groups excluding tert-OH is 1. The molecule has 0 aromatic carbocycles. The summed E-state index contributed by atoms with van der Waals surface area (Å²) in [5.41, 5.74) is -0.133. The maximum absolute atomic E-state index is 9.26. The number of hydrogen-bond acceptors (Lipinski definition) is 6. The summed E-state index contributed by atoms with van der Waals surface area (Å²) in [7, 11) is 1.67. The number of hydrogen-bond donors (Lipinski definition) is 2. The Balaban J connectivity index is 3.14. The van der Waals surface area contributed by atoms with Gasteiger partial charge in [0.15, 0.2) is 0 Å². The Morgan fingerprint density at radius 3 is 2.52 bits per heavy atom. The lowest BCUT2D eigenvalue weighted by Crippen LogP contribution is -2.32. The van der Waals surface area contributed by atoms with Crippen LogP contribution in [0.2, 0.25) is 0 Å². The van der Waals surface area contributed by atoms with Gasteiger partial charge in [0, 0.05) is 38.2 Å². The molecule has 0 saturated heterocycles. The quantitative estimate of drug-likeness (QED) is 0.760. The van der Waals surface area contributed by atoms with Crippen molar-refractivity contribution in [2.75, 3.05) is 50.2 Å². The van der Waals surface area contributed by atoms with Gasteiger partial charge in [0.05, 0.1) is 13.2 Å². The number of anilines is 2. The Hall–Kier alpha value is -1.40. The Kier molecular flexibility index (Phi) is 6.84. The number of methoxy groups -OCH3 is 1. The maximum atomic E-state index is 9.26. The summed E-state index contributed by atoms with van der Waals surface area (Å²) in [6.07, 6.45) is 0.